The monoisotopic (exact) mass is 281 g/mol. The maximum Gasteiger partial charge on any atom is 0.142 e. The van der Waals surface area contributed by atoms with Crippen LogP contribution in [-0.2, 0) is 0 Å². The largest absolute Gasteiger partial charge is 0.495 e. The molecule has 3 N–H and O–H groups in total. The van der Waals surface area contributed by atoms with Gasteiger partial charge in [-0.15, -0.1) is 0 Å². The second-order valence-corrected chi connectivity index (χ2v) is 4.34. The summed E-state index contributed by atoms with van der Waals surface area (Å²) < 4.78 is 18.6. The molecule has 0 fully saturated rings. The molecule has 0 radical (unpaired) electrons. The van der Waals surface area contributed by atoms with Crippen LogP contribution in [0.1, 0.15) is 17.2 Å². The fraction of sp³-hybridized carbons (Fsp3) is 0.154. The lowest BCUT2D eigenvalue weighted by Crippen LogP contribution is -2.29. The summed E-state index contributed by atoms with van der Waals surface area (Å²) in [6.45, 7) is 0. The topological polar surface area (TPSA) is 60.2 Å². The molecule has 1 unspecified atom stereocenters. The number of benzene rings is 1. The molecule has 0 bridgehead atoms. The van der Waals surface area contributed by atoms with E-state index in [1.165, 1.54) is 12.1 Å². The summed E-state index contributed by atoms with van der Waals surface area (Å²) >= 11 is 5.66. The Labute approximate surface area is 115 Å². The van der Waals surface area contributed by atoms with Crippen molar-refractivity contribution in [3.05, 3.63) is 58.6 Å². The Morgan fingerprint density at radius 2 is 2.11 bits per heavy atom. The van der Waals surface area contributed by atoms with Gasteiger partial charge in [0.25, 0.3) is 0 Å². The molecule has 1 heterocycles. The second kappa shape index (κ2) is 5.97. The maximum absolute atomic E-state index is 13.5. The normalized spacial score (nSPS) is 12.2. The van der Waals surface area contributed by atoms with Crippen molar-refractivity contribution >= 4 is 11.6 Å². The van der Waals surface area contributed by atoms with Crippen LogP contribution in [0.5, 0.6) is 5.75 Å². The molecule has 0 spiro atoms. The van der Waals surface area contributed by atoms with Crippen molar-refractivity contribution in [1.29, 1.82) is 0 Å². The molecule has 19 heavy (non-hydrogen) atoms. The lowest BCUT2D eigenvalue weighted by atomic mass is 10.0. The highest BCUT2D eigenvalue weighted by molar-refractivity contribution is 6.30. The van der Waals surface area contributed by atoms with Crippen LogP contribution in [0.3, 0.4) is 0 Å². The number of hydrazine groups is 1. The highest BCUT2D eigenvalue weighted by Gasteiger charge is 2.15. The van der Waals surface area contributed by atoms with Crippen LogP contribution in [0, 0.1) is 5.82 Å². The minimum absolute atomic E-state index is 0.0725. The van der Waals surface area contributed by atoms with Crippen LogP contribution >= 0.6 is 11.6 Å². The third-order valence-electron chi connectivity index (χ3n) is 2.75. The molecule has 1 atom stereocenters. The number of methoxy groups -OCH3 is 1. The van der Waals surface area contributed by atoms with E-state index in [0.717, 1.165) is 5.56 Å². The van der Waals surface area contributed by atoms with Crippen molar-refractivity contribution in [2.45, 2.75) is 6.04 Å². The summed E-state index contributed by atoms with van der Waals surface area (Å²) in [5.74, 6) is 5.66. The first kappa shape index (κ1) is 13.7. The van der Waals surface area contributed by atoms with Gasteiger partial charge in [-0.2, -0.15) is 0 Å². The molecule has 0 aliphatic heterocycles. The number of rotatable bonds is 4. The van der Waals surface area contributed by atoms with Gasteiger partial charge in [0, 0.05) is 6.20 Å². The Hall–Kier alpha value is -1.69. The Balaban J connectivity index is 2.40. The predicted molar refractivity (Wildman–Crippen MR) is 71.4 cm³/mol. The summed E-state index contributed by atoms with van der Waals surface area (Å²) in [6.07, 6.45) is 3.22. The van der Waals surface area contributed by atoms with Crippen molar-refractivity contribution in [1.82, 2.24) is 10.4 Å². The highest BCUT2D eigenvalue weighted by Crippen LogP contribution is 2.26. The van der Waals surface area contributed by atoms with E-state index < -0.39 is 11.9 Å². The van der Waals surface area contributed by atoms with E-state index >= 15 is 0 Å². The fourth-order valence-corrected chi connectivity index (χ4v) is 1.90. The Morgan fingerprint density at radius 1 is 1.32 bits per heavy atom. The van der Waals surface area contributed by atoms with E-state index in [1.807, 2.05) is 0 Å². The minimum atomic E-state index is -0.490. The molecule has 0 amide bonds. The molecule has 0 aliphatic carbocycles. The lowest BCUT2D eigenvalue weighted by Gasteiger charge is -2.17. The van der Waals surface area contributed by atoms with Gasteiger partial charge in [-0.1, -0.05) is 17.7 Å². The van der Waals surface area contributed by atoms with Gasteiger partial charge in [0.1, 0.15) is 11.6 Å². The zero-order chi connectivity index (χ0) is 13.8. The quantitative estimate of drug-likeness (QED) is 0.667. The third-order valence-corrected chi connectivity index (χ3v) is 3.05. The molecule has 4 nitrogen and oxygen atoms in total. The summed E-state index contributed by atoms with van der Waals surface area (Å²) in [4.78, 5) is 4.05. The highest BCUT2D eigenvalue weighted by atomic mass is 35.5. The Bertz CT molecular complexity index is 580. The molecule has 0 aliphatic rings. The number of nitrogens with one attached hydrogen (secondary N) is 1. The van der Waals surface area contributed by atoms with Gasteiger partial charge in [0.15, 0.2) is 0 Å². The fourth-order valence-electron chi connectivity index (χ4n) is 1.78. The molecule has 1 aromatic carbocycles. The molecule has 2 aromatic rings. The lowest BCUT2D eigenvalue weighted by molar-refractivity contribution is 0.411. The summed E-state index contributed by atoms with van der Waals surface area (Å²) in [7, 11) is 1.55. The van der Waals surface area contributed by atoms with Gasteiger partial charge in [-0.25, -0.2) is 9.82 Å². The van der Waals surface area contributed by atoms with Crippen LogP contribution in [0.15, 0.2) is 36.7 Å². The maximum atomic E-state index is 13.5. The molecule has 0 saturated carbocycles. The molecule has 2 rings (SSSR count). The average molecular weight is 282 g/mol. The number of pyridine rings is 1. The number of hydrogen-bond acceptors (Lipinski definition) is 4. The van der Waals surface area contributed by atoms with Crippen LogP contribution < -0.4 is 16.0 Å². The van der Waals surface area contributed by atoms with Crippen LogP contribution in [0.4, 0.5) is 4.39 Å². The van der Waals surface area contributed by atoms with Crippen molar-refractivity contribution in [2.75, 3.05) is 7.11 Å². The van der Waals surface area contributed by atoms with Gasteiger partial charge in [-0.05, 0) is 29.3 Å². The molecule has 6 heteroatoms. The molecular formula is C13H13ClFN3O. The number of nitrogens with zero attached hydrogens (tertiary/aromatic N) is 1. The SMILES string of the molecule is COc1cncc(C(NN)c2ccc(Cl)c(F)c2)c1. The first-order chi connectivity index (χ1) is 9.15. The molecule has 1 aromatic heterocycles. The van der Waals surface area contributed by atoms with Crippen LogP contribution in [-0.4, -0.2) is 12.1 Å². The number of halogens is 2. The van der Waals surface area contributed by atoms with Gasteiger partial charge < -0.3 is 4.74 Å². The first-order valence-corrected chi connectivity index (χ1v) is 5.93. The van der Waals surface area contributed by atoms with Crippen LogP contribution in [0.25, 0.3) is 0 Å². The van der Waals surface area contributed by atoms with Gasteiger partial charge in [0.05, 0.1) is 24.4 Å². The van der Waals surface area contributed by atoms with Crippen molar-refractivity contribution < 1.29 is 9.13 Å². The van der Waals surface area contributed by atoms with E-state index in [2.05, 4.69) is 10.4 Å². The average Bonchev–Trinajstić information content (AvgIpc) is 2.44. The predicted octanol–water partition coefficient (Wildman–Crippen LogP) is 2.44. The van der Waals surface area contributed by atoms with E-state index in [1.54, 1.807) is 31.6 Å². The number of ether oxygens (including phenoxy) is 1. The standard InChI is InChI=1S/C13H13ClFN3O/c1-19-10-4-9(6-17-7-10)13(18-16)8-2-3-11(14)12(15)5-8/h2-7,13,18H,16H2,1H3. The third kappa shape index (κ3) is 3.01. The summed E-state index contributed by atoms with van der Waals surface area (Å²) in [5.41, 5.74) is 4.05. The Kier molecular flexibility index (Phi) is 4.31. The zero-order valence-corrected chi connectivity index (χ0v) is 11.0. The molecular weight excluding hydrogens is 269 g/mol. The van der Waals surface area contributed by atoms with Crippen molar-refractivity contribution in [2.24, 2.45) is 5.84 Å². The Morgan fingerprint density at radius 3 is 2.74 bits per heavy atom. The molecule has 100 valence electrons. The van der Waals surface area contributed by atoms with E-state index in [9.17, 15) is 4.39 Å². The van der Waals surface area contributed by atoms with Gasteiger partial charge >= 0.3 is 0 Å². The van der Waals surface area contributed by atoms with Crippen molar-refractivity contribution in [3.8, 4) is 5.75 Å². The van der Waals surface area contributed by atoms with Gasteiger partial charge in [0.2, 0.25) is 0 Å². The summed E-state index contributed by atoms with van der Waals surface area (Å²) in [5, 5.41) is 0.0725. The zero-order valence-electron chi connectivity index (χ0n) is 10.2. The van der Waals surface area contributed by atoms with Crippen molar-refractivity contribution in [3.63, 3.8) is 0 Å². The first-order valence-electron chi connectivity index (χ1n) is 5.55. The second-order valence-electron chi connectivity index (χ2n) is 3.93. The van der Waals surface area contributed by atoms with E-state index in [0.29, 0.717) is 11.3 Å². The number of nitrogens with two attached hydrogens (primary N) is 1. The minimum Gasteiger partial charge on any atom is -0.495 e. The number of hydrogen-bond donors (Lipinski definition) is 2. The van der Waals surface area contributed by atoms with E-state index in [-0.39, 0.29) is 5.02 Å². The van der Waals surface area contributed by atoms with Crippen LogP contribution in [0.2, 0.25) is 5.02 Å². The molecule has 0 saturated heterocycles. The summed E-state index contributed by atoms with van der Waals surface area (Å²) in [6, 6.07) is 5.92. The number of aromatic nitrogens is 1. The van der Waals surface area contributed by atoms with Gasteiger partial charge in [-0.3, -0.25) is 10.8 Å². The smallest absolute Gasteiger partial charge is 0.142 e. The van der Waals surface area contributed by atoms with E-state index in [4.69, 9.17) is 22.2 Å².